The van der Waals surface area contributed by atoms with Gasteiger partial charge in [0, 0.05) is 21.4 Å². The van der Waals surface area contributed by atoms with E-state index in [1.807, 2.05) is 0 Å². The minimum atomic E-state index is -3.51. The SMILES string of the molecule is NCCCCCCCCCCN.O=S(=O)(Cl)CCCCS(=O)(=O)Cl. The molecule has 0 unspecified atom stereocenters. The lowest BCUT2D eigenvalue weighted by molar-refractivity contribution is 0.572. The fourth-order valence-corrected chi connectivity index (χ4v) is 3.65. The van der Waals surface area contributed by atoms with Gasteiger partial charge >= 0.3 is 0 Å². The Morgan fingerprint density at radius 1 is 0.500 bits per heavy atom. The van der Waals surface area contributed by atoms with Crippen molar-refractivity contribution < 1.29 is 16.8 Å². The summed E-state index contributed by atoms with van der Waals surface area (Å²) < 4.78 is 41.4. The van der Waals surface area contributed by atoms with Crippen molar-refractivity contribution in [3.05, 3.63) is 0 Å². The maximum absolute atomic E-state index is 10.3. The van der Waals surface area contributed by atoms with Crippen LogP contribution in [0.25, 0.3) is 0 Å². The molecule has 0 heterocycles. The van der Waals surface area contributed by atoms with E-state index in [9.17, 15) is 16.8 Å². The highest BCUT2D eigenvalue weighted by Gasteiger charge is 2.08. The number of halogens is 2. The van der Waals surface area contributed by atoms with Gasteiger partial charge in [-0.15, -0.1) is 0 Å². The van der Waals surface area contributed by atoms with E-state index in [0.29, 0.717) is 0 Å². The third kappa shape index (κ3) is 30.3. The van der Waals surface area contributed by atoms with Gasteiger partial charge in [0.2, 0.25) is 18.1 Å². The molecular weight excluding hydrogens is 395 g/mol. The molecule has 0 aromatic rings. The Kier molecular flexibility index (Phi) is 18.7. The highest BCUT2D eigenvalue weighted by molar-refractivity contribution is 8.14. The summed E-state index contributed by atoms with van der Waals surface area (Å²) in [6.45, 7) is 1.71. The van der Waals surface area contributed by atoms with Crippen LogP contribution in [0.15, 0.2) is 0 Å². The number of hydrogen-bond donors (Lipinski definition) is 2. The predicted molar refractivity (Wildman–Crippen MR) is 104 cm³/mol. The molecule has 0 aromatic carbocycles. The smallest absolute Gasteiger partial charge is 0.232 e. The highest BCUT2D eigenvalue weighted by atomic mass is 35.7. The van der Waals surface area contributed by atoms with Crippen molar-refractivity contribution in [1.29, 1.82) is 0 Å². The summed E-state index contributed by atoms with van der Waals surface area (Å²) in [7, 11) is 2.73. The van der Waals surface area contributed by atoms with Crippen molar-refractivity contribution in [2.75, 3.05) is 24.6 Å². The van der Waals surface area contributed by atoms with Gasteiger partial charge in [0.05, 0.1) is 11.5 Å². The molecule has 0 aromatic heterocycles. The van der Waals surface area contributed by atoms with Crippen molar-refractivity contribution in [3.63, 3.8) is 0 Å². The zero-order valence-corrected chi connectivity index (χ0v) is 17.4. The van der Waals surface area contributed by atoms with Crippen LogP contribution in [0.5, 0.6) is 0 Å². The summed E-state index contributed by atoms with van der Waals surface area (Å²) in [5, 5.41) is 0. The van der Waals surface area contributed by atoms with E-state index in [4.69, 9.17) is 32.8 Å². The fraction of sp³-hybridized carbons (Fsp3) is 1.00. The van der Waals surface area contributed by atoms with Crippen LogP contribution in [0.1, 0.15) is 64.2 Å². The average Bonchev–Trinajstić information content (AvgIpc) is 2.45. The van der Waals surface area contributed by atoms with Crippen LogP contribution in [-0.2, 0) is 18.1 Å². The summed E-state index contributed by atoms with van der Waals surface area (Å²) in [5.41, 5.74) is 10.8. The first-order valence-corrected chi connectivity index (χ1v) is 13.3. The maximum Gasteiger partial charge on any atom is 0.232 e. The number of hydrogen-bond acceptors (Lipinski definition) is 6. The first-order valence-electron chi connectivity index (χ1n) is 8.37. The molecule has 0 saturated heterocycles. The molecule has 0 radical (unpaired) electrons. The molecule has 0 atom stereocenters. The molecule has 0 spiro atoms. The molecule has 0 bridgehead atoms. The van der Waals surface area contributed by atoms with Gasteiger partial charge in [-0.3, -0.25) is 0 Å². The Bertz CT molecular complexity index is 427. The zero-order chi connectivity index (χ0) is 18.9. The topological polar surface area (TPSA) is 120 Å². The van der Waals surface area contributed by atoms with Crippen molar-refractivity contribution in [2.45, 2.75) is 64.2 Å². The van der Waals surface area contributed by atoms with Gasteiger partial charge < -0.3 is 11.5 Å². The van der Waals surface area contributed by atoms with Gasteiger partial charge in [-0.2, -0.15) is 0 Å². The van der Waals surface area contributed by atoms with Gasteiger partial charge in [-0.1, -0.05) is 38.5 Å². The minimum absolute atomic E-state index is 0.206. The van der Waals surface area contributed by atoms with E-state index >= 15 is 0 Å². The van der Waals surface area contributed by atoms with E-state index in [0.717, 1.165) is 13.1 Å². The molecule has 0 aliphatic carbocycles. The van der Waals surface area contributed by atoms with Crippen LogP contribution >= 0.6 is 21.4 Å². The highest BCUT2D eigenvalue weighted by Crippen LogP contribution is 2.07. The molecular formula is C14H32Cl2N2O4S2. The van der Waals surface area contributed by atoms with Gasteiger partial charge in [-0.05, 0) is 38.8 Å². The molecule has 10 heteroatoms. The van der Waals surface area contributed by atoms with Gasteiger partial charge in [0.1, 0.15) is 0 Å². The van der Waals surface area contributed by atoms with Crippen molar-refractivity contribution in [3.8, 4) is 0 Å². The Balaban J connectivity index is 0. The van der Waals surface area contributed by atoms with Crippen LogP contribution in [0.2, 0.25) is 0 Å². The maximum atomic E-state index is 10.3. The molecule has 148 valence electrons. The van der Waals surface area contributed by atoms with Crippen LogP contribution in [-0.4, -0.2) is 41.4 Å². The molecule has 0 fully saturated rings. The third-order valence-electron chi connectivity index (χ3n) is 3.18. The first kappa shape index (κ1) is 26.6. The predicted octanol–water partition coefficient (Wildman–Crippen LogP) is 2.93. The van der Waals surface area contributed by atoms with Crippen LogP contribution in [0.4, 0.5) is 0 Å². The molecule has 0 aliphatic heterocycles. The van der Waals surface area contributed by atoms with Crippen LogP contribution < -0.4 is 11.5 Å². The second-order valence-corrected chi connectivity index (χ2v) is 11.4. The second kappa shape index (κ2) is 16.8. The largest absolute Gasteiger partial charge is 0.330 e. The minimum Gasteiger partial charge on any atom is -0.330 e. The van der Waals surface area contributed by atoms with Gasteiger partial charge in [-0.25, -0.2) is 16.8 Å². The molecule has 0 rings (SSSR count). The Labute approximate surface area is 156 Å². The van der Waals surface area contributed by atoms with E-state index in [2.05, 4.69) is 0 Å². The van der Waals surface area contributed by atoms with E-state index in [-0.39, 0.29) is 24.3 Å². The van der Waals surface area contributed by atoms with Crippen molar-refractivity contribution in [2.24, 2.45) is 11.5 Å². The van der Waals surface area contributed by atoms with E-state index in [1.165, 1.54) is 51.4 Å². The quantitative estimate of drug-likeness (QED) is 0.325. The third-order valence-corrected chi connectivity index (χ3v) is 5.66. The summed E-state index contributed by atoms with van der Waals surface area (Å²) in [4.78, 5) is 0. The summed E-state index contributed by atoms with van der Waals surface area (Å²) in [6, 6.07) is 0. The van der Waals surface area contributed by atoms with Crippen molar-refractivity contribution >= 4 is 39.5 Å². The lowest BCUT2D eigenvalue weighted by Crippen LogP contribution is -2.02. The normalized spacial score (nSPS) is 11.8. The Morgan fingerprint density at radius 2 is 0.750 bits per heavy atom. The number of rotatable bonds is 14. The van der Waals surface area contributed by atoms with Crippen molar-refractivity contribution in [1.82, 2.24) is 0 Å². The van der Waals surface area contributed by atoms with E-state index < -0.39 is 18.1 Å². The molecule has 0 saturated carbocycles. The second-order valence-electron chi connectivity index (χ2n) is 5.60. The van der Waals surface area contributed by atoms with E-state index in [1.54, 1.807) is 0 Å². The molecule has 24 heavy (non-hydrogen) atoms. The number of unbranched alkanes of at least 4 members (excludes halogenated alkanes) is 8. The Hall–Kier alpha value is 0.400. The van der Waals surface area contributed by atoms with Gasteiger partial charge in [0.15, 0.2) is 0 Å². The van der Waals surface area contributed by atoms with Crippen LogP contribution in [0, 0.1) is 0 Å². The number of nitrogens with two attached hydrogens (primary N) is 2. The summed E-state index contributed by atoms with van der Waals surface area (Å²) >= 11 is 0. The molecule has 0 amide bonds. The summed E-state index contributed by atoms with van der Waals surface area (Å²) in [6.07, 6.45) is 10.9. The molecule has 4 N–H and O–H groups in total. The fourth-order valence-electron chi connectivity index (χ4n) is 1.90. The first-order chi connectivity index (χ1) is 11.1. The molecule has 0 aliphatic rings. The lowest BCUT2D eigenvalue weighted by Gasteiger charge is -2.00. The monoisotopic (exact) mass is 426 g/mol. The van der Waals surface area contributed by atoms with Gasteiger partial charge in [0.25, 0.3) is 0 Å². The molecule has 6 nitrogen and oxygen atoms in total. The standard InChI is InChI=1S/C10H24N2.C4H8Cl2O4S2/c11-9-7-5-3-1-2-4-6-8-10-12;5-11(7,8)3-1-2-4-12(6,9)10/h1-12H2;1-4H2. The lowest BCUT2D eigenvalue weighted by atomic mass is 10.1. The average molecular weight is 427 g/mol. The van der Waals surface area contributed by atoms with Crippen LogP contribution in [0.3, 0.4) is 0 Å². The zero-order valence-electron chi connectivity index (χ0n) is 14.3. The summed E-state index contributed by atoms with van der Waals surface area (Å²) in [5.74, 6) is -0.443. The Morgan fingerprint density at radius 3 is 0.958 bits per heavy atom.